The van der Waals surface area contributed by atoms with Gasteiger partial charge in [-0.3, -0.25) is 14.4 Å². The summed E-state index contributed by atoms with van der Waals surface area (Å²) in [7, 11) is 0. The Bertz CT molecular complexity index is 1240. The minimum Gasteiger partial charge on any atom is -0.505 e. The van der Waals surface area contributed by atoms with Gasteiger partial charge >= 0.3 is 0 Å². The molecule has 0 aliphatic carbocycles. The number of nitrogens with one attached hydrogen (secondary N) is 2. The van der Waals surface area contributed by atoms with Gasteiger partial charge in [-0.05, 0) is 37.1 Å². The SMILES string of the molecule is CC(C)[C@H](C)Nc1c(Nc2cccc(C(=O)N3CCN(c4ccccn4)CC3)c2O)c(=O)c1=O. The lowest BCUT2D eigenvalue weighted by atomic mass is 10.0. The first kappa shape index (κ1) is 23.3. The third-order valence-electron chi connectivity index (χ3n) is 6.35. The number of carbonyl (C=O) groups excluding carboxylic acids is 1. The number of amides is 1. The smallest absolute Gasteiger partial charge is 0.257 e. The summed E-state index contributed by atoms with van der Waals surface area (Å²) in [6.07, 6.45) is 1.74. The minimum absolute atomic E-state index is 0.0184. The largest absolute Gasteiger partial charge is 0.505 e. The van der Waals surface area contributed by atoms with E-state index in [1.54, 1.807) is 29.3 Å². The zero-order chi connectivity index (χ0) is 24.4. The third-order valence-corrected chi connectivity index (χ3v) is 6.35. The van der Waals surface area contributed by atoms with Crippen LogP contribution in [0.15, 0.2) is 52.2 Å². The normalized spacial score (nSPS) is 14.9. The predicted molar refractivity (Wildman–Crippen MR) is 133 cm³/mol. The molecule has 0 spiro atoms. The molecule has 9 heteroatoms. The minimum atomic E-state index is -0.653. The van der Waals surface area contributed by atoms with Gasteiger partial charge in [-0.15, -0.1) is 0 Å². The summed E-state index contributed by atoms with van der Waals surface area (Å²) < 4.78 is 0. The van der Waals surface area contributed by atoms with E-state index in [4.69, 9.17) is 0 Å². The van der Waals surface area contributed by atoms with Gasteiger partial charge in [0.2, 0.25) is 0 Å². The highest BCUT2D eigenvalue weighted by molar-refractivity contribution is 5.99. The monoisotopic (exact) mass is 463 g/mol. The van der Waals surface area contributed by atoms with Crippen molar-refractivity contribution >= 4 is 28.8 Å². The average Bonchev–Trinajstić information content (AvgIpc) is 2.86. The Balaban J connectivity index is 1.48. The van der Waals surface area contributed by atoms with E-state index in [1.807, 2.05) is 39.0 Å². The van der Waals surface area contributed by atoms with Gasteiger partial charge in [-0.2, -0.15) is 0 Å². The molecule has 2 heterocycles. The maximum atomic E-state index is 13.1. The summed E-state index contributed by atoms with van der Waals surface area (Å²) in [5.74, 6) is 0.576. The number of para-hydroxylation sites is 1. The van der Waals surface area contributed by atoms with Gasteiger partial charge in [0, 0.05) is 38.4 Å². The number of rotatable bonds is 7. The van der Waals surface area contributed by atoms with Gasteiger partial charge < -0.3 is 25.5 Å². The van der Waals surface area contributed by atoms with Gasteiger partial charge in [0.1, 0.15) is 17.2 Å². The molecule has 1 atom stereocenters. The Hall–Kier alpha value is -3.88. The second kappa shape index (κ2) is 9.54. The van der Waals surface area contributed by atoms with Gasteiger partial charge in [0.05, 0.1) is 11.3 Å². The lowest BCUT2D eigenvalue weighted by Gasteiger charge is -2.35. The highest BCUT2D eigenvalue weighted by atomic mass is 16.3. The van der Waals surface area contributed by atoms with Crippen LogP contribution in [0.2, 0.25) is 0 Å². The zero-order valence-electron chi connectivity index (χ0n) is 19.5. The van der Waals surface area contributed by atoms with Crippen LogP contribution in [0.3, 0.4) is 0 Å². The number of phenolic OH excluding ortho intramolecular Hbond substituents is 1. The van der Waals surface area contributed by atoms with E-state index >= 15 is 0 Å². The number of nitrogens with zero attached hydrogens (tertiary/aromatic N) is 3. The Morgan fingerprint density at radius 3 is 2.32 bits per heavy atom. The fourth-order valence-electron chi connectivity index (χ4n) is 3.84. The zero-order valence-corrected chi connectivity index (χ0v) is 19.5. The van der Waals surface area contributed by atoms with Crippen LogP contribution in [0.5, 0.6) is 5.75 Å². The molecule has 4 rings (SSSR count). The molecular formula is C25H29N5O4. The first-order valence-electron chi connectivity index (χ1n) is 11.4. The molecule has 3 aromatic rings. The van der Waals surface area contributed by atoms with Crippen LogP contribution in [0.25, 0.3) is 0 Å². The van der Waals surface area contributed by atoms with E-state index in [0.29, 0.717) is 26.2 Å². The predicted octanol–water partition coefficient (Wildman–Crippen LogP) is 2.55. The standard InChI is InChI=1S/C25H29N5O4/c1-15(2)16(3)27-20-21(24(33)23(20)32)28-18-8-6-7-17(22(18)31)25(34)30-13-11-29(12-14-30)19-9-4-5-10-26-19/h4-10,15-16,27-28,31H,11-14H2,1-3H3/t16-/m0/s1. The van der Waals surface area contributed by atoms with E-state index in [1.165, 1.54) is 0 Å². The molecule has 34 heavy (non-hydrogen) atoms. The number of hydrogen-bond donors (Lipinski definition) is 3. The van der Waals surface area contributed by atoms with Crippen LogP contribution in [0.1, 0.15) is 31.1 Å². The molecule has 1 aliphatic rings. The highest BCUT2D eigenvalue weighted by Gasteiger charge is 2.27. The number of phenols is 1. The number of anilines is 4. The molecule has 0 radical (unpaired) electrons. The lowest BCUT2D eigenvalue weighted by molar-refractivity contribution is 0.0743. The van der Waals surface area contributed by atoms with Crippen LogP contribution in [0, 0.1) is 5.92 Å². The molecular weight excluding hydrogens is 434 g/mol. The van der Waals surface area contributed by atoms with E-state index in [0.717, 1.165) is 5.82 Å². The number of aromatic hydroxyl groups is 1. The van der Waals surface area contributed by atoms with E-state index in [2.05, 4.69) is 20.5 Å². The summed E-state index contributed by atoms with van der Waals surface area (Å²) >= 11 is 0. The summed E-state index contributed by atoms with van der Waals surface area (Å²) in [4.78, 5) is 45.5. The van der Waals surface area contributed by atoms with Gasteiger partial charge in [-0.25, -0.2) is 4.98 Å². The van der Waals surface area contributed by atoms with E-state index in [9.17, 15) is 19.5 Å². The van der Waals surface area contributed by atoms with Crippen molar-refractivity contribution in [1.29, 1.82) is 0 Å². The Labute approximate surface area is 197 Å². The van der Waals surface area contributed by atoms with Crippen LogP contribution >= 0.6 is 0 Å². The van der Waals surface area contributed by atoms with Crippen LogP contribution in [0.4, 0.5) is 22.9 Å². The van der Waals surface area contributed by atoms with Crippen LogP contribution in [-0.4, -0.2) is 53.1 Å². The molecule has 3 N–H and O–H groups in total. The molecule has 2 aromatic carbocycles. The van der Waals surface area contributed by atoms with Gasteiger partial charge in [-0.1, -0.05) is 26.0 Å². The molecule has 1 aromatic heterocycles. The number of pyridine rings is 1. The van der Waals surface area contributed by atoms with Crippen molar-refractivity contribution in [3.8, 4) is 5.75 Å². The number of hydrogen-bond acceptors (Lipinski definition) is 8. The van der Waals surface area contributed by atoms with Crippen molar-refractivity contribution in [2.75, 3.05) is 41.7 Å². The summed E-state index contributed by atoms with van der Waals surface area (Å²) in [5, 5.41) is 16.8. The fraction of sp³-hybridized carbons (Fsp3) is 0.360. The number of aromatic nitrogens is 1. The van der Waals surface area contributed by atoms with E-state index in [-0.39, 0.29) is 46.2 Å². The molecule has 1 amide bonds. The van der Waals surface area contributed by atoms with Crippen molar-refractivity contribution in [1.82, 2.24) is 9.88 Å². The Kier molecular flexibility index (Phi) is 6.54. The van der Waals surface area contributed by atoms with Crippen molar-refractivity contribution in [2.45, 2.75) is 26.8 Å². The van der Waals surface area contributed by atoms with Crippen molar-refractivity contribution in [3.05, 3.63) is 68.6 Å². The average molecular weight is 464 g/mol. The molecule has 0 bridgehead atoms. The van der Waals surface area contributed by atoms with Gasteiger partial charge in [0.15, 0.2) is 5.75 Å². The maximum Gasteiger partial charge on any atom is 0.257 e. The van der Waals surface area contributed by atoms with Crippen LogP contribution in [-0.2, 0) is 0 Å². The van der Waals surface area contributed by atoms with Gasteiger partial charge in [0.25, 0.3) is 16.8 Å². The second-order valence-electron chi connectivity index (χ2n) is 8.88. The van der Waals surface area contributed by atoms with E-state index < -0.39 is 10.9 Å². The third kappa shape index (κ3) is 4.46. The maximum absolute atomic E-state index is 13.1. The summed E-state index contributed by atoms with van der Waals surface area (Å²) in [6.45, 7) is 8.19. The number of benzene rings is 1. The first-order chi connectivity index (χ1) is 16.3. The van der Waals surface area contributed by atoms with Crippen molar-refractivity contribution in [2.24, 2.45) is 5.92 Å². The second-order valence-corrected chi connectivity index (χ2v) is 8.88. The Morgan fingerprint density at radius 1 is 0.971 bits per heavy atom. The molecule has 0 unspecified atom stereocenters. The fourth-order valence-corrected chi connectivity index (χ4v) is 3.84. The molecule has 1 fully saturated rings. The summed E-state index contributed by atoms with van der Waals surface area (Å²) in [5.41, 5.74) is -0.604. The summed E-state index contributed by atoms with van der Waals surface area (Å²) in [6, 6.07) is 10.5. The topological polar surface area (TPSA) is 115 Å². The number of carbonyl (C=O) groups is 1. The van der Waals surface area contributed by atoms with Crippen LogP contribution < -0.4 is 26.4 Å². The molecule has 9 nitrogen and oxygen atoms in total. The highest BCUT2D eigenvalue weighted by Crippen LogP contribution is 2.32. The molecule has 1 saturated heterocycles. The number of piperazine rings is 1. The molecule has 178 valence electrons. The van der Waals surface area contributed by atoms with Crippen molar-refractivity contribution < 1.29 is 9.90 Å². The Morgan fingerprint density at radius 2 is 1.68 bits per heavy atom. The van der Waals surface area contributed by atoms with Crippen molar-refractivity contribution in [3.63, 3.8) is 0 Å². The molecule has 1 aliphatic heterocycles. The first-order valence-corrected chi connectivity index (χ1v) is 11.4. The molecule has 0 saturated carbocycles. The lowest BCUT2D eigenvalue weighted by Crippen LogP contribution is -2.49. The quantitative estimate of drug-likeness (QED) is 0.362.